The molecule has 28 heavy (non-hydrogen) atoms. The van der Waals surface area contributed by atoms with Crippen molar-refractivity contribution in [1.29, 1.82) is 0 Å². The number of halogens is 3. The summed E-state index contributed by atoms with van der Waals surface area (Å²) in [6.45, 7) is 4.60. The summed E-state index contributed by atoms with van der Waals surface area (Å²) in [6, 6.07) is 12.3. The van der Waals surface area contributed by atoms with Gasteiger partial charge in [-0.3, -0.25) is 14.7 Å². The van der Waals surface area contributed by atoms with Gasteiger partial charge in [0.15, 0.2) is 10.8 Å². The monoisotopic (exact) mass is 456 g/mol. The molecule has 0 fully saturated rings. The standard InChI is InChI=1S/C20H19Cl3N2O2S/c1-20(2,27-16-7-5-14(21)6-8-16)18(26)25-10-9-24-19(25)28-12-13-3-4-15(22)11-17(13)23/h3-8,11H,9-10,12H2,1-2H3. The molecule has 8 heteroatoms. The molecule has 0 N–H and O–H groups in total. The highest BCUT2D eigenvalue weighted by Crippen LogP contribution is 2.29. The predicted molar refractivity (Wildman–Crippen MR) is 118 cm³/mol. The van der Waals surface area contributed by atoms with Gasteiger partial charge in [0.1, 0.15) is 5.75 Å². The first kappa shape index (κ1) is 21.3. The summed E-state index contributed by atoms with van der Waals surface area (Å²) < 4.78 is 5.92. The van der Waals surface area contributed by atoms with Crippen LogP contribution in [0.25, 0.3) is 0 Å². The number of aliphatic imine (C=N–C) groups is 1. The molecule has 2 aromatic rings. The number of benzene rings is 2. The van der Waals surface area contributed by atoms with Gasteiger partial charge in [-0.25, -0.2) is 0 Å². The first-order chi connectivity index (χ1) is 13.3. The highest BCUT2D eigenvalue weighted by Gasteiger charge is 2.38. The van der Waals surface area contributed by atoms with Crippen molar-refractivity contribution in [1.82, 2.24) is 4.90 Å². The second kappa shape index (κ2) is 8.95. The lowest BCUT2D eigenvalue weighted by molar-refractivity contribution is -0.140. The zero-order chi connectivity index (χ0) is 20.3. The molecule has 3 rings (SSSR count). The fourth-order valence-electron chi connectivity index (χ4n) is 2.69. The molecule has 2 aromatic carbocycles. The Morgan fingerprint density at radius 3 is 2.50 bits per heavy atom. The average Bonchev–Trinajstić information content (AvgIpc) is 3.10. The molecule has 0 saturated heterocycles. The van der Waals surface area contributed by atoms with Crippen LogP contribution in [0, 0.1) is 0 Å². The fourth-order valence-corrected chi connectivity index (χ4v) is 4.42. The van der Waals surface area contributed by atoms with E-state index in [2.05, 4.69) is 4.99 Å². The van der Waals surface area contributed by atoms with Crippen LogP contribution in [0.5, 0.6) is 5.75 Å². The van der Waals surface area contributed by atoms with Gasteiger partial charge in [-0.1, -0.05) is 52.6 Å². The Morgan fingerprint density at radius 1 is 1.14 bits per heavy atom. The smallest absolute Gasteiger partial charge is 0.272 e. The quantitative estimate of drug-likeness (QED) is 0.558. The second-order valence-corrected chi connectivity index (χ2v) is 8.93. The van der Waals surface area contributed by atoms with Crippen LogP contribution in [0.1, 0.15) is 19.4 Å². The van der Waals surface area contributed by atoms with Crippen molar-refractivity contribution < 1.29 is 9.53 Å². The van der Waals surface area contributed by atoms with Crippen molar-refractivity contribution in [3.05, 3.63) is 63.1 Å². The van der Waals surface area contributed by atoms with E-state index in [-0.39, 0.29) is 5.91 Å². The van der Waals surface area contributed by atoms with Crippen molar-refractivity contribution in [3.63, 3.8) is 0 Å². The Bertz CT molecular complexity index is 901. The van der Waals surface area contributed by atoms with Gasteiger partial charge in [-0.15, -0.1) is 0 Å². The Labute approximate surface area is 183 Å². The van der Waals surface area contributed by atoms with Gasteiger partial charge in [0.05, 0.1) is 6.54 Å². The first-order valence-corrected chi connectivity index (χ1v) is 10.8. The number of ether oxygens (including phenoxy) is 1. The molecular formula is C20H19Cl3N2O2S. The maximum absolute atomic E-state index is 13.1. The van der Waals surface area contributed by atoms with Crippen LogP contribution in [0.4, 0.5) is 0 Å². The van der Waals surface area contributed by atoms with E-state index < -0.39 is 5.60 Å². The Morgan fingerprint density at radius 2 is 1.82 bits per heavy atom. The topological polar surface area (TPSA) is 41.9 Å². The van der Waals surface area contributed by atoms with E-state index in [9.17, 15) is 4.79 Å². The lowest BCUT2D eigenvalue weighted by Gasteiger charge is -2.30. The number of carbonyl (C=O) groups is 1. The molecule has 0 unspecified atom stereocenters. The molecule has 0 radical (unpaired) electrons. The summed E-state index contributed by atoms with van der Waals surface area (Å²) in [5.41, 5.74) is -0.105. The lowest BCUT2D eigenvalue weighted by Crippen LogP contribution is -2.49. The van der Waals surface area contributed by atoms with Crippen molar-refractivity contribution in [2.45, 2.75) is 25.2 Å². The molecule has 1 amide bonds. The Kier molecular flexibility index (Phi) is 6.81. The second-order valence-electron chi connectivity index (χ2n) is 6.71. The van der Waals surface area contributed by atoms with Gasteiger partial charge in [-0.2, -0.15) is 0 Å². The normalized spacial score (nSPS) is 14.2. The number of amides is 1. The number of nitrogens with zero attached hydrogens (tertiary/aromatic N) is 2. The van der Waals surface area contributed by atoms with Crippen LogP contribution < -0.4 is 4.74 Å². The van der Waals surface area contributed by atoms with Crippen LogP contribution in [-0.4, -0.2) is 34.7 Å². The summed E-state index contributed by atoms with van der Waals surface area (Å²) in [4.78, 5) is 19.3. The van der Waals surface area contributed by atoms with Crippen molar-refractivity contribution in [3.8, 4) is 5.75 Å². The third-order valence-corrected chi connectivity index (χ3v) is 6.02. The van der Waals surface area contributed by atoms with E-state index in [1.807, 2.05) is 6.07 Å². The molecule has 0 spiro atoms. The highest BCUT2D eigenvalue weighted by molar-refractivity contribution is 8.13. The molecule has 0 bridgehead atoms. The maximum Gasteiger partial charge on any atom is 0.272 e. The highest BCUT2D eigenvalue weighted by atomic mass is 35.5. The van der Waals surface area contributed by atoms with Gasteiger partial charge in [0, 0.05) is 27.4 Å². The van der Waals surface area contributed by atoms with E-state index >= 15 is 0 Å². The van der Waals surface area contributed by atoms with E-state index in [4.69, 9.17) is 39.5 Å². The minimum Gasteiger partial charge on any atom is -0.478 e. The van der Waals surface area contributed by atoms with Crippen LogP contribution in [0.15, 0.2) is 47.5 Å². The first-order valence-electron chi connectivity index (χ1n) is 8.64. The van der Waals surface area contributed by atoms with Gasteiger partial charge < -0.3 is 4.74 Å². The molecule has 0 aromatic heterocycles. The van der Waals surface area contributed by atoms with Crippen LogP contribution >= 0.6 is 46.6 Å². The van der Waals surface area contributed by atoms with Gasteiger partial charge in [0.25, 0.3) is 5.91 Å². The number of amidine groups is 1. The van der Waals surface area contributed by atoms with Gasteiger partial charge >= 0.3 is 0 Å². The van der Waals surface area contributed by atoms with Crippen molar-refractivity contribution in [2.75, 3.05) is 13.1 Å². The summed E-state index contributed by atoms with van der Waals surface area (Å²) in [6.07, 6.45) is 0. The number of hydrogen-bond acceptors (Lipinski definition) is 4. The summed E-state index contributed by atoms with van der Waals surface area (Å²) >= 11 is 19.6. The molecular weight excluding hydrogens is 439 g/mol. The molecule has 1 aliphatic rings. The Hall–Kier alpha value is -1.40. The Balaban J connectivity index is 1.66. The summed E-state index contributed by atoms with van der Waals surface area (Å²) in [5, 5.41) is 2.48. The van der Waals surface area contributed by atoms with Crippen LogP contribution in [-0.2, 0) is 10.5 Å². The van der Waals surface area contributed by atoms with Gasteiger partial charge in [0.2, 0.25) is 0 Å². The van der Waals surface area contributed by atoms with Gasteiger partial charge in [-0.05, 0) is 55.8 Å². The third kappa shape index (κ3) is 5.15. The number of thioether (sulfide) groups is 1. The van der Waals surface area contributed by atoms with E-state index in [0.29, 0.717) is 44.8 Å². The molecule has 1 aliphatic heterocycles. The van der Waals surface area contributed by atoms with Crippen molar-refractivity contribution in [2.24, 2.45) is 4.99 Å². The minimum atomic E-state index is -1.04. The average molecular weight is 458 g/mol. The predicted octanol–water partition coefficient (Wildman–Crippen LogP) is 5.94. The largest absolute Gasteiger partial charge is 0.478 e. The molecule has 0 atom stereocenters. The zero-order valence-electron chi connectivity index (χ0n) is 15.4. The molecule has 1 heterocycles. The molecule has 4 nitrogen and oxygen atoms in total. The minimum absolute atomic E-state index is 0.145. The van der Waals surface area contributed by atoms with Crippen LogP contribution in [0.2, 0.25) is 15.1 Å². The number of hydrogen-bond donors (Lipinski definition) is 0. The molecule has 0 saturated carbocycles. The zero-order valence-corrected chi connectivity index (χ0v) is 18.5. The number of rotatable bonds is 5. The van der Waals surface area contributed by atoms with E-state index in [1.165, 1.54) is 11.8 Å². The maximum atomic E-state index is 13.1. The van der Waals surface area contributed by atoms with E-state index in [1.54, 1.807) is 55.1 Å². The fraction of sp³-hybridized carbons (Fsp3) is 0.300. The summed E-state index contributed by atoms with van der Waals surface area (Å²) in [5.74, 6) is 1.03. The van der Waals surface area contributed by atoms with E-state index in [0.717, 1.165) is 5.56 Å². The van der Waals surface area contributed by atoms with Crippen LogP contribution in [0.3, 0.4) is 0 Å². The van der Waals surface area contributed by atoms with Crippen molar-refractivity contribution >= 4 is 57.6 Å². The lowest BCUT2D eigenvalue weighted by atomic mass is 10.1. The molecule has 148 valence electrons. The third-order valence-electron chi connectivity index (χ3n) is 4.12. The molecule has 0 aliphatic carbocycles. The SMILES string of the molecule is CC(C)(Oc1ccc(Cl)cc1)C(=O)N1CCN=C1SCc1ccc(Cl)cc1Cl. The summed E-state index contributed by atoms with van der Waals surface area (Å²) in [7, 11) is 0. The number of carbonyl (C=O) groups excluding carboxylic acids is 1.